The van der Waals surface area contributed by atoms with Crippen molar-refractivity contribution < 1.29 is 14.4 Å². The molecule has 0 radical (unpaired) electrons. The Morgan fingerprint density at radius 3 is 1.94 bits per heavy atom. The molecule has 1 atom stereocenters. The second kappa shape index (κ2) is 10.9. The lowest BCUT2D eigenvalue weighted by atomic mass is 9.76. The van der Waals surface area contributed by atoms with Crippen LogP contribution in [0.1, 0.15) is 24.5 Å². The molecule has 0 fully saturated rings. The van der Waals surface area contributed by atoms with Gasteiger partial charge in [-0.2, -0.15) is 0 Å². The molecule has 5 heteroatoms. The molecule has 0 heterocycles. The number of hydrogen-bond acceptors (Lipinski definition) is 3. The number of rotatable bonds is 11. The minimum atomic E-state index is -1.06. The Morgan fingerprint density at radius 1 is 1.03 bits per heavy atom. The van der Waals surface area contributed by atoms with Crippen molar-refractivity contribution in [1.82, 2.24) is 10.2 Å². The number of nitrogens with one attached hydrogen (secondary N) is 1. The zero-order valence-electron chi connectivity index (χ0n) is 18.0. The van der Waals surface area contributed by atoms with Gasteiger partial charge in [0.2, 0.25) is 12.3 Å². The highest BCUT2D eigenvalue weighted by atomic mass is 16.2. The summed E-state index contributed by atoms with van der Waals surface area (Å²) in [6.45, 7) is 9.13. The standard InChI is InChI=1S/C26H28N2O3/c1-5-13-21(6-2)26(22-14-9-7-10-15-22,23-16-11-8-12-17-23)27-25(31)18-24(20(3)30)28(4)19-29/h5-17,19,24H,1-2,18H2,3-4H3,(H,27,31)/b21-13+/t24-/m0/s1. The average molecular weight is 417 g/mol. The van der Waals surface area contributed by atoms with Gasteiger partial charge in [-0.25, -0.2) is 0 Å². The lowest BCUT2D eigenvalue weighted by Gasteiger charge is -2.38. The first-order chi connectivity index (χ1) is 14.9. The Balaban J connectivity index is 2.66. The number of likely N-dealkylation sites (N-methyl/N-ethyl adjacent to an activating group) is 1. The van der Waals surface area contributed by atoms with E-state index in [1.165, 1.54) is 18.9 Å². The van der Waals surface area contributed by atoms with Gasteiger partial charge in [-0.3, -0.25) is 14.4 Å². The minimum Gasteiger partial charge on any atom is -0.338 e. The van der Waals surface area contributed by atoms with Gasteiger partial charge >= 0.3 is 0 Å². The number of Topliss-reactive ketones (excluding diaryl/α,β-unsaturated/α-hetero) is 1. The van der Waals surface area contributed by atoms with Crippen molar-refractivity contribution in [1.29, 1.82) is 0 Å². The molecule has 0 aliphatic rings. The van der Waals surface area contributed by atoms with Crippen molar-refractivity contribution in [2.24, 2.45) is 0 Å². The number of ketones is 1. The van der Waals surface area contributed by atoms with Gasteiger partial charge < -0.3 is 10.2 Å². The van der Waals surface area contributed by atoms with E-state index in [0.717, 1.165) is 16.7 Å². The molecule has 0 aliphatic heterocycles. The molecule has 2 aromatic carbocycles. The normalized spacial score (nSPS) is 12.4. The summed E-state index contributed by atoms with van der Waals surface area (Å²) in [4.78, 5) is 37.7. The van der Waals surface area contributed by atoms with E-state index in [1.54, 1.807) is 18.2 Å². The summed E-state index contributed by atoms with van der Waals surface area (Å²) in [7, 11) is 1.49. The van der Waals surface area contributed by atoms with Gasteiger partial charge in [0, 0.05) is 7.05 Å². The molecule has 2 rings (SSSR count). The van der Waals surface area contributed by atoms with E-state index in [2.05, 4.69) is 18.5 Å². The van der Waals surface area contributed by atoms with Crippen LogP contribution < -0.4 is 5.32 Å². The molecule has 5 nitrogen and oxygen atoms in total. The third-order valence-electron chi connectivity index (χ3n) is 5.20. The zero-order chi connectivity index (χ0) is 22.9. The molecule has 0 spiro atoms. The Hall–Kier alpha value is -3.73. The maximum atomic E-state index is 13.3. The number of allylic oxidation sites excluding steroid dienone is 2. The number of hydrogen-bond donors (Lipinski definition) is 1. The molecular weight excluding hydrogens is 388 g/mol. The van der Waals surface area contributed by atoms with Crippen LogP contribution in [-0.2, 0) is 19.9 Å². The first-order valence-corrected chi connectivity index (χ1v) is 9.96. The van der Waals surface area contributed by atoms with E-state index in [9.17, 15) is 14.4 Å². The molecule has 2 aromatic rings. The maximum Gasteiger partial charge on any atom is 0.223 e. The van der Waals surface area contributed by atoms with Crippen LogP contribution in [0.4, 0.5) is 0 Å². The molecule has 160 valence electrons. The third-order valence-corrected chi connectivity index (χ3v) is 5.20. The lowest BCUT2D eigenvalue weighted by Crippen LogP contribution is -2.50. The first kappa shape index (κ1) is 23.5. The smallest absolute Gasteiger partial charge is 0.223 e. The number of nitrogens with zero attached hydrogens (tertiary/aromatic N) is 1. The molecular formula is C26H28N2O3. The fourth-order valence-electron chi connectivity index (χ4n) is 3.65. The van der Waals surface area contributed by atoms with Gasteiger partial charge in [0.1, 0.15) is 5.54 Å². The summed E-state index contributed by atoms with van der Waals surface area (Å²) in [6.07, 6.45) is 5.51. The van der Waals surface area contributed by atoms with Crippen molar-refractivity contribution in [3.05, 3.63) is 109 Å². The van der Waals surface area contributed by atoms with Crippen molar-refractivity contribution >= 4 is 18.1 Å². The summed E-state index contributed by atoms with van der Waals surface area (Å²) in [5, 5.41) is 3.14. The lowest BCUT2D eigenvalue weighted by molar-refractivity contribution is -0.133. The van der Waals surface area contributed by atoms with Gasteiger partial charge in [-0.1, -0.05) is 92.0 Å². The monoisotopic (exact) mass is 416 g/mol. The Kier molecular flexibility index (Phi) is 8.26. The van der Waals surface area contributed by atoms with Crippen LogP contribution in [0.3, 0.4) is 0 Å². The van der Waals surface area contributed by atoms with Gasteiger partial charge in [-0.05, 0) is 23.6 Å². The van der Waals surface area contributed by atoms with Gasteiger partial charge in [-0.15, -0.1) is 0 Å². The Labute approximate surface area is 183 Å². The van der Waals surface area contributed by atoms with Crippen LogP contribution in [0.15, 0.2) is 97.6 Å². The summed E-state index contributed by atoms with van der Waals surface area (Å²) in [6, 6.07) is 18.2. The van der Waals surface area contributed by atoms with E-state index in [1.807, 2.05) is 60.7 Å². The quantitative estimate of drug-likeness (QED) is 0.448. The number of amides is 2. The topological polar surface area (TPSA) is 66.5 Å². The summed E-state index contributed by atoms with van der Waals surface area (Å²) in [5.41, 5.74) is 1.31. The van der Waals surface area contributed by atoms with Gasteiger partial charge in [0.05, 0.1) is 12.5 Å². The van der Waals surface area contributed by atoms with E-state index in [-0.39, 0.29) is 18.1 Å². The summed E-state index contributed by atoms with van der Waals surface area (Å²) < 4.78 is 0. The molecule has 0 saturated carbocycles. The molecule has 0 saturated heterocycles. The number of carbonyl (C=O) groups is 3. The second-order valence-corrected chi connectivity index (χ2v) is 7.19. The second-order valence-electron chi connectivity index (χ2n) is 7.19. The molecule has 1 N–H and O–H groups in total. The Morgan fingerprint density at radius 2 is 1.55 bits per heavy atom. The fourth-order valence-corrected chi connectivity index (χ4v) is 3.65. The third kappa shape index (κ3) is 5.25. The molecule has 2 amide bonds. The number of carbonyl (C=O) groups excluding carboxylic acids is 3. The maximum absolute atomic E-state index is 13.3. The van der Waals surface area contributed by atoms with Gasteiger partial charge in [0.15, 0.2) is 5.78 Å². The van der Waals surface area contributed by atoms with Crippen molar-refractivity contribution in [3.63, 3.8) is 0 Å². The largest absolute Gasteiger partial charge is 0.338 e. The fraction of sp³-hybridized carbons (Fsp3) is 0.192. The highest BCUT2D eigenvalue weighted by molar-refractivity contribution is 5.90. The highest BCUT2D eigenvalue weighted by Crippen LogP contribution is 2.37. The highest BCUT2D eigenvalue weighted by Gasteiger charge is 2.39. The van der Waals surface area contributed by atoms with Gasteiger partial charge in [0.25, 0.3) is 0 Å². The van der Waals surface area contributed by atoms with Crippen LogP contribution in [0.5, 0.6) is 0 Å². The van der Waals surface area contributed by atoms with Crippen molar-refractivity contribution in [2.75, 3.05) is 7.05 Å². The number of benzene rings is 2. The van der Waals surface area contributed by atoms with Crippen molar-refractivity contribution in [3.8, 4) is 0 Å². The predicted molar refractivity (Wildman–Crippen MR) is 123 cm³/mol. The van der Waals surface area contributed by atoms with E-state index in [4.69, 9.17) is 0 Å². The Bertz CT molecular complexity index is 925. The molecule has 0 aliphatic carbocycles. The van der Waals surface area contributed by atoms with Crippen LogP contribution in [-0.4, -0.2) is 36.1 Å². The zero-order valence-corrected chi connectivity index (χ0v) is 18.0. The molecule has 0 unspecified atom stereocenters. The van der Waals surface area contributed by atoms with Crippen LogP contribution >= 0.6 is 0 Å². The molecule has 31 heavy (non-hydrogen) atoms. The summed E-state index contributed by atoms with van der Waals surface area (Å²) in [5.74, 6) is -0.640. The molecule has 0 aromatic heterocycles. The SMILES string of the molecule is C=C/C=C(\C=C)C(NC(=O)C[C@@H](C(C)=O)N(C)C=O)(c1ccccc1)c1ccccc1. The van der Waals surface area contributed by atoms with Crippen LogP contribution in [0.25, 0.3) is 0 Å². The van der Waals surface area contributed by atoms with Crippen LogP contribution in [0, 0.1) is 0 Å². The first-order valence-electron chi connectivity index (χ1n) is 9.96. The average Bonchev–Trinajstić information content (AvgIpc) is 2.80. The molecule has 0 bridgehead atoms. The minimum absolute atomic E-state index is 0.162. The predicted octanol–water partition coefficient (Wildman–Crippen LogP) is 3.78. The van der Waals surface area contributed by atoms with E-state index in [0.29, 0.717) is 6.41 Å². The van der Waals surface area contributed by atoms with Crippen LogP contribution in [0.2, 0.25) is 0 Å². The summed E-state index contributed by atoms with van der Waals surface area (Å²) >= 11 is 0. The van der Waals surface area contributed by atoms with Crippen molar-refractivity contribution in [2.45, 2.75) is 24.9 Å². The van der Waals surface area contributed by atoms with E-state index < -0.39 is 11.6 Å². The van der Waals surface area contributed by atoms with E-state index >= 15 is 0 Å².